The van der Waals surface area contributed by atoms with Crippen LogP contribution < -0.4 is 15.1 Å². The zero-order valence-corrected chi connectivity index (χ0v) is 15.3. The van der Waals surface area contributed by atoms with Crippen molar-refractivity contribution in [2.75, 3.05) is 64.7 Å². The maximum absolute atomic E-state index is 13.0. The molecule has 0 atom stereocenters. The fraction of sp³-hybridized carbons (Fsp3) is 0.526. The van der Waals surface area contributed by atoms with Crippen LogP contribution in [0.15, 0.2) is 27.4 Å². The Morgan fingerprint density at radius 3 is 2.65 bits per heavy atom. The normalized spacial score (nSPS) is 14.8. The summed E-state index contributed by atoms with van der Waals surface area (Å²) in [5.74, 6) is 0.706. The molecule has 0 bridgehead atoms. The van der Waals surface area contributed by atoms with E-state index in [9.17, 15) is 4.79 Å². The predicted octanol–water partition coefficient (Wildman–Crippen LogP) is 1.98. The summed E-state index contributed by atoms with van der Waals surface area (Å²) in [6.07, 6.45) is 0. The first kappa shape index (κ1) is 18.7. The van der Waals surface area contributed by atoms with Gasteiger partial charge in [-0.3, -0.25) is 4.79 Å². The van der Waals surface area contributed by atoms with Gasteiger partial charge in [0.1, 0.15) is 12.2 Å². The van der Waals surface area contributed by atoms with Gasteiger partial charge in [0.2, 0.25) is 17.1 Å². The lowest BCUT2D eigenvalue weighted by Crippen LogP contribution is -2.37. The van der Waals surface area contributed by atoms with Crippen molar-refractivity contribution in [2.45, 2.75) is 6.92 Å². The van der Waals surface area contributed by atoms with E-state index in [0.29, 0.717) is 63.0 Å². The van der Waals surface area contributed by atoms with Gasteiger partial charge in [0.15, 0.2) is 0 Å². The number of aryl methyl sites for hydroxylation is 1. The molecule has 1 saturated heterocycles. The summed E-state index contributed by atoms with van der Waals surface area (Å²) in [5, 5.41) is 0.525. The molecule has 0 spiro atoms. The van der Waals surface area contributed by atoms with Crippen LogP contribution in [0, 0.1) is 6.92 Å². The van der Waals surface area contributed by atoms with Crippen molar-refractivity contribution in [1.29, 1.82) is 0 Å². The van der Waals surface area contributed by atoms with Crippen LogP contribution in [-0.4, -0.2) is 59.8 Å². The average molecular weight is 363 g/mol. The molecule has 0 N–H and O–H groups in total. The van der Waals surface area contributed by atoms with Gasteiger partial charge in [-0.15, -0.1) is 0 Å². The first-order valence-electron chi connectivity index (χ1n) is 8.81. The number of nitrogens with zero attached hydrogens (tertiary/aromatic N) is 1. The summed E-state index contributed by atoms with van der Waals surface area (Å²) in [6, 6.07) is 5.54. The van der Waals surface area contributed by atoms with Crippen molar-refractivity contribution in [3.63, 3.8) is 0 Å². The molecule has 0 unspecified atom stereocenters. The van der Waals surface area contributed by atoms with Crippen molar-refractivity contribution >= 4 is 16.9 Å². The monoisotopic (exact) mass is 363 g/mol. The molecule has 1 aliphatic rings. The maximum Gasteiger partial charge on any atom is 0.243 e. The minimum atomic E-state index is -0.159. The average Bonchev–Trinajstić information content (AvgIpc) is 2.67. The fourth-order valence-corrected chi connectivity index (χ4v) is 2.88. The van der Waals surface area contributed by atoms with Crippen LogP contribution in [0.1, 0.15) is 5.56 Å². The number of para-hydroxylation sites is 1. The van der Waals surface area contributed by atoms with E-state index < -0.39 is 0 Å². The Hall–Kier alpha value is -2.09. The molecular formula is C19H25NO6. The van der Waals surface area contributed by atoms with Crippen LogP contribution in [0.5, 0.6) is 5.75 Å². The molecular weight excluding hydrogens is 338 g/mol. The van der Waals surface area contributed by atoms with E-state index in [1.165, 1.54) is 0 Å². The van der Waals surface area contributed by atoms with E-state index in [-0.39, 0.29) is 17.8 Å². The van der Waals surface area contributed by atoms with Crippen LogP contribution >= 0.6 is 0 Å². The molecule has 0 radical (unpaired) electrons. The van der Waals surface area contributed by atoms with Crippen LogP contribution in [-0.2, 0) is 14.2 Å². The third-order valence-corrected chi connectivity index (χ3v) is 4.26. The van der Waals surface area contributed by atoms with E-state index >= 15 is 0 Å². The smallest absolute Gasteiger partial charge is 0.243 e. The highest BCUT2D eigenvalue weighted by Gasteiger charge is 2.23. The quantitative estimate of drug-likeness (QED) is 0.664. The summed E-state index contributed by atoms with van der Waals surface area (Å²) in [7, 11) is 1.62. The lowest BCUT2D eigenvalue weighted by Gasteiger charge is -2.28. The summed E-state index contributed by atoms with van der Waals surface area (Å²) < 4.78 is 27.7. The van der Waals surface area contributed by atoms with Crippen molar-refractivity contribution in [3.8, 4) is 5.75 Å². The first-order chi connectivity index (χ1) is 12.7. The van der Waals surface area contributed by atoms with Crippen LogP contribution in [0.4, 0.5) is 5.88 Å². The SMILES string of the molecule is COCCOCCOc1c(N2CCOCC2)oc2c(C)cccc2c1=O. The molecule has 1 fully saturated rings. The van der Waals surface area contributed by atoms with Crippen molar-refractivity contribution in [1.82, 2.24) is 0 Å². The highest BCUT2D eigenvalue weighted by molar-refractivity contribution is 5.83. The molecule has 2 aromatic rings. The van der Waals surface area contributed by atoms with Gasteiger partial charge in [-0.2, -0.15) is 0 Å². The van der Waals surface area contributed by atoms with Gasteiger partial charge in [-0.1, -0.05) is 12.1 Å². The number of fused-ring (bicyclic) bond motifs is 1. The predicted molar refractivity (Wildman–Crippen MR) is 98.4 cm³/mol. The number of methoxy groups -OCH3 is 1. The van der Waals surface area contributed by atoms with E-state index in [1.54, 1.807) is 13.2 Å². The zero-order valence-electron chi connectivity index (χ0n) is 15.3. The highest BCUT2D eigenvalue weighted by Crippen LogP contribution is 2.31. The molecule has 1 aromatic heterocycles. The molecule has 0 saturated carbocycles. The molecule has 26 heavy (non-hydrogen) atoms. The van der Waals surface area contributed by atoms with Gasteiger partial charge in [0, 0.05) is 20.2 Å². The second-order valence-corrected chi connectivity index (χ2v) is 6.07. The number of hydrogen-bond donors (Lipinski definition) is 0. The number of morpholine rings is 1. The Kier molecular flexibility index (Phi) is 6.49. The van der Waals surface area contributed by atoms with Crippen LogP contribution in [0.3, 0.4) is 0 Å². The van der Waals surface area contributed by atoms with Crippen LogP contribution in [0.2, 0.25) is 0 Å². The largest absolute Gasteiger partial charge is 0.483 e. The molecule has 0 amide bonds. The van der Waals surface area contributed by atoms with E-state index in [1.807, 2.05) is 24.0 Å². The third kappa shape index (κ3) is 4.17. The third-order valence-electron chi connectivity index (χ3n) is 4.26. The van der Waals surface area contributed by atoms with Gasteiger partial charge in [0.05, 0.1) is 38.4 Å². The van der Waals surface area contributed by atoms with E-state index in [2.05, 4.69) is 0 Å². The zero-order chi connectivity index (χ0) is 18.4. The van der Waals surface area contributed by atoms with Gasteiger partial charge >= 0.3 is 0 Å². The summed E-state index contributed by atoms with van der Waals surface area (Å²) in [4.78, 5) is 15.0. The van der Waals surface area contributed by atoms with Gasteiger partial charge in [-0.25, -0.2) is 0 Å². The molecule has 3 rings (SSSR count). The molecule has 7 nitrogen and oxygen atoms in total. The van der Waals surface area contributed by atoms with Crippen molar-refractivity contribution in [2.24, 2.45) is 0 Å². The fourth-order valence-electron chi connectivity index (χ4n) is 2.88. The van der Waals surface area contributed by atoms with Gasteiger partial charge in [-0.05, 0) is 18.6 Å². The Morgan fingerprint density at radius 1 is 1.12 bits per heavy atom. The summed E-state index contributed by atoms with van der Waals surface area (Å²) >= 11 is 0. The number of benzene rings is 1. The molecule has 1 aliphatic heterocycles. The van der Waals surface area contributed by atoms with E-state index in [0.717, 1.165) is 5.56 Å². The van der Waals surface area contributed by atoms with Gasteiger partial charge in [0.25, 0.3) is 0 Å². The second-order valence-electron chi connectivity index (χ2n) is 6.07. The minimum Gasteiger partial charge on any atom is -0.483 e. The Balaban J connectivity index is 1.88. The molecule has 1 aromatic carbocycles. The number of anilines is 1. The Bertz CT molecular complexity index is 781. The summed E-state index contributed by atoms with van der Waals surface area (Å²) in [5.41, 5.74) is 1.36. The Morgan fingerprint density at radius 2 is 1.88 bits per heavy atom. The first-order valence-corrected chi connectivity index (χ1v) is 8.81. The highest BCUT2D eigenvalue weighted by atomic mass is 16.5. The van der Waals surface area contributed by atoms with Gasteiger partial charge < -0.3 is 28.3 Å². The second kappa shape index (κ2) is 9.02. The number of hydrogen-bond acceptors (Lipinski definition) is 7. The van der Waals surface area contributed by atoms with E-state index in [4.69, 9.17) is 23.4 Å². The number of ether oxygens (including phenoxy) is 4. The topological polar surface area (TPSA) is 70.4 Å². The summed E-state index contributed by atoms with van der Waals surface area (Å²) in [6.45, 7) is 6.07. The van der Waals surface area contributed by atoms with Crippen molar-refractivity contribution in [3.05, 3.63) is 34.0 Å². The Labute approximate surface area is 152 Å². The van der Waals surface area contributed by atoms with Crippen molar-refractivity contribution < 1.29 is 23.4 Å². The lowest BCUT2D eigenvalue weighted by molar-refractivity contribution is 0.0539. The van der Waals surface area contributed by atoms with Crippen LogP contribution in [0.25, 0.3) is 11.0 Å². The molecule has 0 aliphatic carbocycles. The standard InChI is InChI=1S/C19H25NO6/c1-14-4-3-5-15-16(21)18(25-13-12-24-11-10-22-2)19(26-17(14)15)20-6-8-23-9-7-20/h3-5H,6-13H2,1-2H3. The lowest BCUT2D eigenvalue weighted by atomic mass is 10.1. The molecule has 142 valence electrons. The maximum atomic E-state index is 13.0. The molecule has 7 heteroatoms. The minimum absolute atomic E-state index is 0.159. The molecule has 2 heterocycles. The number of rotatable bonds is 8.